The predicted molar refractivity (Wildman–Crippen MR) is 70.7 cm³/mol. The molecule has 0 saturated carbocycles. The van der Waals surface area contributed by atoms with Crippen molar-refractivity contribution < 1.29 is 0 Å². The minimum Gasteiger partial charge on any atom is -0.329 e. The Hall–Kier alpha value is -2.17. The minimum atomic E-state index is -0.0530. The van der Waals surface area contributed by atoms with Crippen molar-refractivity contribution in [2.45, 2.75) is 26.4 Å². The summed E-state index contributed by atoms with van der Waals surface area (Å²) in [7, 11) is 0. The van der Waals surface area contributed by atoms with E-state index in [-0.39, 0.29) is 6.04 Å². The van der Waals surface area contributed by atoms with Crippen LogP contribution in [0.15, 0.2) is 35.8 Å². The normalized spacial score (nSPS) is 17.9. The van der Waals surface area contributed by atoms with Crippen LogP contribution in [-0.4, -0.2) is 20.4 Å². The number of nitrogens with one attached hydrogen (secondary N) is 1. The van der Waals surface area contributed by atoms with Crippen LogP contribution < -0.4 is 5.32 Å². The number of nitrogens with zero attached hydrogens (tertiary/aromatic N) is 4. The van der Waals surface area contributed by atoms with Gasteiger partial charge in [0, 0.05) is 24.5 Å². The highest BCUT2D eigenvalue weighted by atomic mass is 15.2. The zero-order valence-corrected chi connectivity index (χ0v) is 10.5. The maximum Gasteiger partial charge on any atom is 0.137 e. The second-order valence-electron chi connectivity index (χ2n) is 4.29. The van der Waals surface area contributed by atoms with E-state index in [4.69, 9.17) is 0 Å². The second-order valence-corrected chi connectivity index (χ2v) is 4.29. The number of rotatable bonds is 2. The number of aromatic nitrogens is 3. The van der Waals surface area contributed by atoms with Crippen molar-refractivity contribution in [2.75, 3.05) is 5.32 Å². The molecule has 1 atom stereocenters. The van der Waals surface area contributed by atoms with Crippen molar-refractivity contribution >= 4 is 11.7 Å². The lowest BCUT2D eigenvalue weighted by Gasteiger charge is -2.21. The molecule has 5 heteroatoms. The number of aliphatic imine (C=N–C) groups is 1. The molecule has 2 aromatic heterocycles. The fourth-order valence-electron chi connectivity index (χ4n) is 2.20. The van der Waals surface area contributed by atoms with Crippen molar-refractivity contribution in [3.63, 3.8) is 0 Å². The maximum atomic E-state index is 4.63. The number of anilines is 1. The second kappa shape index (κ2) is 4.25. The third-order valence-electron chi connectivity index (χ3n) is 3.09. The molecule has 0 aliphatic carbocycles. The van der Waals surface area contributed by atoms with Crippen LogP contribution in [0.1, 0.15) is 31.1 Å². The Balaban J connectivity index is 2.10. The van der Waals surface area contributed by atoms with Crippen molar-refractivity contribution in [2.24, 2.45) is 4.99 Å². The van der Waals surface area contributed by atoms with Crippen LogP contribution in [0.2, 0.25) is 0 Å². The summed E-state index contributed by atoms with van der Waals surface area (Å²) in [6.07, 6.45) is 5.48. The molecule has 1 unspecified atom stereocenters. The van der Waals surface area contributed by atoms with Crippen LogP contribution in [0.5, 0.6) is 0 Å². The molecule has 3 heterocycles. The summed E-state index contributed by atoms with van der Waals surface area (Å²) >= 11 is 0. The van der Waals surface area contributed by atoms with Crippen LogP contribution in [0, 0.1) is 0 Å². The van der Waals surface area contributed by atoms with Gasteiger partial charge in [0.1, 0.15) is 17.6 Å². The molecule has 2 aromatic rings. The Kier molecular flexibility index (Phi) is 2.59. The van der Waals surface area contributed by atoms with Crippen LogP contribution in [0.3, 0.4) is 0 Å². The van der Waals surface area contributed by atoms with E-state index >= 15 is 0 Å². The highest BCUT2D eigenvalue weighted by molar-refractivity contribution is 5.95. The first kappa shape index (κ1) is 11.0. The smallest absolute Gasteiger partial charge is 0.137 e. The first-order valence-corrected chi connectivity index (χ1v) is 6.06. The van der Waals surface area contributed by atoms with Gasteiger partial charge in [-0.3, -0.25) is 9.98 Å². The molecule has 18 heavy (non-hydrogen) atoms. The Morgan fingerprint density at radius 2 is 2.33 bits per heavy atom. The summed E-state index contributed by atoms with van der Waals surface area (Å²) in [5.74, 6) is 1.95. The molecule has 0 fully saturated rings. The summed E-state index contributed by atoms with van der Waals surface area (Å²) in [5.41, 5.74) is 2.04. The molecule has 92 valence electrons. The Morgan fingerprint density at radius 3 is 3.06 bits per heavy atom. The molecule has 0 amide bonds. The number of imidazole rings is 1. The van der Waals surface area contributed by atoms with Crippen LogP contribution in [-0.2, 0) is 6.54 Å². The van der Waals surface area contributed by atoms with Gasteiger partial charge in [-0.1, -0.05) is 6.07 Å². The molecular formula is C13H15N5. The molecule has 1 N–H and O–H groups in total. The summed E-state index contributed by atoms with van der Waals surface area (Å²) < 4.78 is 2.09. The zero-order chi connectivity index (χ0) is 12.5. The lowest BCUT2D eigenvalue weighted by atomic mass is 10.1. The van der Waals surface area contributed by atoms with Crippen LogP contribution in [0.25, 0.3) is 0 Å². The van der Waals surface area contributed by atoms with Gasteiger partial charge < -0.3 is 9.88 Å². The van der Waals surface area contributed by atoms with Crippen LogP contribution >= 0.6 is 0 Å². The van der Waals surface area contributed by atoms with E-state index in [0.717, 1.165) is 29.5 Å². The lowest BCUT2D eigenvalue weighted by Crippen LogP contribution is -2.20. The summed E-state index contributed by atoms with van der Waals surface area (Å²) in [4.78, 5) is 13.3. The summed E-state index contributed by atoms with van der Waals surface area (Å²) in [5, 5.41) is 3.29. The predicted octanol–water partition coefficient (Wildman–Crippen LogP) is 2.23. The van der Waals surface area contributed by atoms with Gasteiger partial charge >= 0.3 is 0 Å². The minimum absolute atomic E-state index is 0.0530. The third-order valence-corrected chi connectivity index (χ3v) is 3.09. The fraction of sp³-hybridized carbons (Fsp3) is 0.308. The number of aryl methyl sites for hydroxylation is 1. The van der Waals surface area contributed by atoms with E-state index < -0.39 is 0 Å². The topological polar surface area (TPSA) is 55.1 Å². The number of amidine groups is 1. The monoisotopic (exact) mass is 241 g/mol. The van der Waals surface area contributed by atoms with E-state index in [1.807, 2.05) is 31.6 Å². The van der Waals surface area contributed by atoms with Crippen molar-refractivity contribution in [1.82, 2.24) is 14.5 Å². The van der Waals surface area contributed by atoms with Gasteiger partial charge in [0.25, 0.3) is 0 Å². The number of hydrogen-bond donors (Lipinski definition) is 1. The highest BCUT2D eigenvalue weighted by Crippen LogP contribution is 2.33. The van der Waals surface area contributed by atoms with Gasteiger partial charge in [-0.2, -0.15) is 0 Å². The Morgan fingerprint density at radius 1 is 1.44 bits per heavy atom. The first-order valence-electron chi connectivity index (χ1n) is 6.06. The molecule has 0 spiro atoms. The van der Waals surface area contributed by atoms with Crippen molar-refractivity contribution in [3.8, 4) is 0 Å². The summed E-state index contributed by atoms with van der Waals surface area (Å²) in [6.45, 7) is 4.96. The van der Waals surface area contributed by atoms with Gasteiger partial charge in [-0.05, 0) is 19.9 Å². The average molecular weight is 241 g/mol. The number of pyridine rings is 1. The molecule has 5 nitrogen and oxygen atoms in total. The highest BCUT2D eigenvalue weighted by Gasteiger charge is 2.25. The van der Waals surface area contributed by atoms with E-state index in [9.17, 15) is 0 Å². The average Bonchev–Trinajstić information content (AvgIpc) is 2.81. The van der Waals surface area contributed by atoms with Gasteiger partial charge in [0.2, 0.25) is 0 Å². The molecule has 0 aromatic carbocycles. The molecular weight excluding hydrogens is 226 g/mol. The molecule has 0 saturated heterocycles. The van der Waals surface area contributed by atoms with Gasteiger partial charge in [0.05, 0.1) is 12.2 Å². The quantitative estimate of drug-likeness (QED) is 0.877. The van der Waals surface area contributed by atoms with Gasteiger partial charge in [-0.15, -0.1) is 0 Å². The van der Waals surface area contributed by atoms with Gasteiger partial charge in [-0.25, -0.2) is 4.98 Å². The van der Waals surface area contributed by atoms with Crippen LogP contribution in [0.4, 0.5) is 5.82 Å². The maximum absolute atomic E-state index is 4.63. The molecule has 0 radical (unpaired) electrons. The summed E-state index contributed by atoms with van der Waals surface area (Å²) in [6, 6.07) is 3.91. The molecule has 0 bridgehead atoms. The van der Waals surface area contributed by atoms with E-state index in [0.29, 0.717) is 0 Å². The first-order chi connectivity index (χ1) is 8.79. The van der Waals surface area contributed by atoms with Gasteiger partial charge in [0.15, 0.2) is 0 Å². The lowest BCUT2D eigenvalue weighted by molar-refractivity contribution is 0.763. The van der Waals surface area contributed by atoms with Crippen molar-refractivity contribution in [3.05, 3.63) is 42.1 Å². The SMILES string of the molecule is CCn1cnc2c1NC(C)=NC2c1cccnc1. The Labute approximate surface area is 106 Å². The van der Waals surface area contributed by atoms with E-state index in [1.54, 1.807) is 6.20 Å². The van der Waals surface area contributed by atoms with E-state index in [2.05, 4.69) is 31.8 Å². The number of fused-ring (bicyclic) bond motifs is 1. The molecule has 1 aliphatic rings. The fourth-order valence-corrected chi connectivity index (χ4v) is 2.20. The van der Waals surface area contributed by atoms with Crippen molar-refractivity contribution in [1.29, 1.82) is 0 Å². The molecule has 1 aliphatic heterocycles. The standard InChI is InChI=1S/C13H15N5/c1-3-18-8-15-12-11(10-5-4-6-14-7-10)16-9(2)17-13(12)18/h4-8,11H,3H2,1-2H3,(H,16,17). The zero-order valence-electron chi connectivity index (χ0n) is 10.5. The largest absolute Gasteiger partial charge is 0.329 e. The number of hydrogen-bond acceptors (Lipinski definition) is 4. The van der Waals surface area contributed by atoms with E-state index in [1.165, 1.54) is 0 Å². The molecule has 3 rings (SSSR count). The third kappa shape index (κ3) is 1.68. The Bertz CT molecular complexity index is 585.